The number of hydrogen-bond donors (Lipinski definition) is 2. The van der Waals surface area contributed by atoms with Crippen molar-refractivity contribution in [2.45, 2.75) is 51.4 Å². The minimum absolute atomic E-state index is 0.00593. The topological polar surface area (TPSA) is 101 Å². The molecule has 3 rings (SSSR count). The Balaban J connectivity index is 1.54. The third-order valence-electron chi connectivity index (χ3n) is 4.69. The number of fused-ring (bicyclic) bond motifs is 1. The molecule has 0 aliphatic rings. The molecule has 3 aromatic rings. The summed E-state index contributed by atoms with van der Waals surface area (Å²) < 4.78 is 62.8. The van der Waals surface area contributed by atoms with Crippen LogP contribution in [0.25, 0.3) is 5.65 Å². The molecule has 3 heterocycles. The summed E-state index contributed by atoms with van der Waals surface area (Å²) in [7, 11) is 0. The predicted octanol–water partition coefficient (Wildman–Crippen LogP) is 3.21. The van der Waals surface area contributed by atoms with Gasteiger partial charge in [0.15, 0.2) is 5.65 Å². The number of amides is 2. The highest BCUT2D eigenvalue weighted by molar-refractivity contribution is 5.93. The highest BCUT2D eigenvalue weighted by Gasteiger charge is 2.27. The highest BCUT2D eigenvalue weighted by atomic mass is 19.4. The van der Waals surface area contributed by atoms with Crippen molar-refractivity contribution < 1.29 is 31.5 Å². The second-order valence-corrected chi connectivity index (χ2v) is 7.49. The highest BCUT2D eigenvalue weighted by Crippen LogP contribution is 2.21. The van der Waals surface area contributed by atoms with Crippen LogP contribution in [-0.4, -0.2) is 44.0 Å². The number of carbonyl (C=O) groups excluding carboxylic acids is 2. The molecule has 0 spiro atoms. The Bertz CT molecular complexity index is 1150. The second kappa shape index (κ2) is 11.0. The van der Waals surface area contributed by atoms with E-state index in [1.165, 1.54) is 29.2 Å². The van der Waals surface area contributed by atoms with Crippen LogP contribution >= 0.6 is 0 Å². The fraction of sp³-hybridized carbons (Fsp3) is 0.381. The SMILES string of the molecule is O=C(CCC(F)(F)F)NCc1cnn2cc(CNC(=O)c3cncc(CCC(F)F)c3)nc2c1. The van der Waals surface area contributed by atoms with Crippen molar-refractivity contribution in [2.24, 2.45) is 0 Å². The first-order valence-electron chi connectivity index (χ1n) is 10.3. The zero-order valence-electron chi connectivity index (χ0n) is 17.8. The lowest BCUT2D eigenvalue weighted by Gasteiger charge is -2.07. The van der Waals surface area contributed by atoms with E-state index in [1.807, 2.05) is 0 Å². The minimum atomic E-state index is -4.40. The molecular formula is C21H21F5N6O2. The van der Waals surface area contributed by atoms with Gasteiger partial charge in [-0.1, -0.05) is 0 Å². The first-order chi connectivity index (χ1) is 16.1. The zero-order valence-corrected chi connectivity index (χ0v) is 17.8. The normalized spacial score (nSPS) is 11.7. The van der Waals surface area contributed by atoms with Gasteiger partial charge in [0.05, 0.1) is 36.6 Å². The monoisotopic (exact) mass is 484 g/mol. The third-order valence-corrected chi connectivity index (χ3v) is 4.69. The van der Waals surface area contributed by atoms with Crippen LogP contribution in [-0.2, 0) is 24.3 Å². The number of rotatable bonds is 10. The number of pyridine rings is 1. The van der Waals surface area contributed by atoms with Gasteiger partial charge in [-0.05, 0) is 29.7 Å². The fourth-order valence-corrected chi connectivity index (χ4v) is 2.99. The van der Waals surface area contributed by atoms with Gasteiger partial charge in [-0.25, -0.2) is 18.3 Å². The van der Waals surface area contributed by atoms with E-state index in [0.717, 1.165) is 0 Å². The van der Waals surface area contributed by atoms with E-state index in [0.29, 0.717) is 22.5 Å². The van der Waals surface area contributed by atoms with Crippen molar-refractivity contribution >= 4 is 17.5 Å². The quantitative estimate of drug-likeness (QED) is 0.431. The standard InChI is InChI=1S/C21H21F5N6O2/c22-17(23)2-1-13-5-15(10-27-7-13)20(34)29-11-16-12-32-18(31-16)6-14(9-30-32)8-28-19(33)3-4-21(24,25)26/h5-7,9-10,12,17H,1-4,8,11H2,(H,28,33)(H,29,34). The van der Waals surface area contributed by atoms with Crippen LogP contribution in [0.15, 0.2) is 36.9 Å². The maximum absolute atomic E-state index is 12.4. The van der Waals surface area contributed by atoms with E-state index in [4.69, 9.17) is 0 Å². The molecule has 0 unspecified atom stereocenters. The van der Waals surface area contributed by atoms with E-state index in [-0.39, 0.29) is 31.5 Å². The number of aryl methyl sites for hydroxylation is 1. The molecule has 13 heteroatoms. The average Bonchev–Trinajstić information content (AvgIpc) is 3.20. The summed E-state index contributed by atoms with van der Waals surface area (Å²) in [5.74, 6) is -1.17. The Morgan fingerprint density at radius 1 is 1.03 bits per heavy atom. The Morgan fingerprint density at radius 3 is 2.56 bits per heavy atom. The first-order valence-corrected chi connectivity index (χ1v) is 10.3. The third kappa shape index (κ3) is 7.74. The Hall–Kier alpha value is -3.64. The number of aromatic nitrogens is 4. The molecule has 0 atom stereocenters. The van der Waals surface area contributed by atoms with Gasteiger partial charge in [0.25, 0.3) is 5.91 Å². The van der Waals surface area contributed by atoms with E-state index < -0.39 is 37.3 Å². The number of nitrogens with zero attached hydrogens (tertiary/aromatic N) is 4. The van der Waals surface area contributed by atoms with Gasteiger partial charge in [0.2, 0.25) is 12.3 Å². The van der Waals surface area contributed by atoms with Crippen LogP contribution in [0.2, 0.25) is 0 Å². The molecule has 0 saturated heterocycles. The molecule has 2 amide bonds. The number of hydrogen-bond acceptors (Lipinski definition) is 5. The molecule has 0 fully saturated rings. The lowest BCUT2D eigenvalue weighted by Crippen LogP contribution is -2.24. The van der Waals surface area contributed by atoms with Gasteiger partial charge in [0.1, 0.15) is 0 Å². The van der Waals surface area contributed by atoms with Crippen molar-refractivity contribution in [3.63, 3.8) is 0 Å². The Morgan fingerprint density at radius 2 is 1.82 bits per heavy atom. The predicted molar refractivity (Wildman–Crippen MR) is 110 cm³/mol. The van der Waals surface area contributed by atoms with Crippen LogP contribution in [0.3, 0.4) is 0 Å². The average molecular weight is 484 g/mol. The largest absolute Gasteiger partial charge is 0.389 e. The second-order valence-electron chi connectivity index (χ2n) is 7.49. The lowest BCUT2D eigenvalue weighted by atomic mass is 10.1. The van der Waals surface area contributed by atoms with E-state index in [9.17, 15) is 31.5 Å². The van der Waals surface area contributed by atoms with E-state index in [1.54, 1.807) is 12.3 Å². The summed E-state index contributed by atoms with van der Waals surface area (Å²) in [5.41, 5.74) is 2.21. The summed E-state index contributed by atoms with van der Waals surface area (Å²) in [6.07, 6.45) is -3.10. The summed E-state index contributed by atoms with van der Waals surface area (Å²) in [4.78, 5) is 32.2. The van der Waals surface area contributed by atoms with Crippen LogP contribution in [0.4, 0.5) is 22.0 Å². The smallest absolute Gasteiger partial charge is 0.352 e. The molecule has 0 aromatic carbocycles. The maximum atomic E-state index is 12.4. The number of alkyl halides is 5. The summed E-state index contributed by atoms with van der Waals surface area (Å²) in [5, 5.41) is 9.21. The van der Waals surface area contributed by atoms with Crippen LogP contribution in [0, 0.1) is 0 Å². The van der Waals surface area contributed by atoms with E-state index in [2.05, 4.69) is 25.7 Å². The summed E-state index contributed by atoms with van der Waals surface area (Å²) in [6.45, 7) is 0.0565. The molecule has 0 radical (unpaired) electrons. The maximum Gasteiger partial charge on any atom is 0.389 e. The van der Waals surface area contributed by atoms with Gasteiger partial charge >= 0.3 is 6.18 Å². The number of halogens is 5. The van der Waals surface area contributed by atoms with Gasteiger partial charge in [-0.15, -0.1) is 0 Å². The molecule has 0 aliphatic carbocycles. The summed E-state index contributed by atoms with van der Waals surface area (Å²) in [6, 6.07) is 3.12. The van der Waals surface area contributed by atoms with Crippen LogP contribution < -0.4 is 10.6 Å². The van der Waals surface area contributed by atoms with E-state index >= 15 is 0 Å². The van der Waals surface area contributed by atoms with Gasteiger partial charge < -0.3 is 10.6 Å². The molecule has 182 valence electrons. The molecule has 34 heavy (non-hydrogen) atoms. The first kappa shape index (κ1) is 25.0. The number of carbonyl (C=O) groups is 2. The molecular weight excluding hydrogens is 463 g/mol. The van der Waals surface area contributed by atoms with Crippen molar-refractivity contribution in [2.75, 3.05) is 0 Å². The molecule has 2 N–H and O–H groups in total. The zero-order chi connectivity index (χ0) is 24.7. The van der Waals surface area contributed by atoms with Crippen LogP contribution in [0.1, 0.15) is 46.4 Å². The van der Waals surface area contributed by atoms with Gasteiger partial charge in [0, 0.05) is 31.8 Å². The fourth-order valence-electron chi connectivity index (χ4n) is 2.99. The molecule has 0 aliphatic heterocycles. The summed E-state index contributed by atoms with van der Waals surface area (Å²) >= 11 is 0. The number of imidazole rings is 1. The molecule has 3 aromatic heterocycles. The molecule has 0 saturated carbocycles. The number of nitrogens with one attached hydrogen (secondary N) is 2. The van der Waals surface area contributed by atoms with Gasteiger partial charge in [-0.2, -0.15) is 18.3 Å². The lowest BCUT2D eigenvalue weighted by molar-refractivity contribution is -0.144. The van der Waals surface area contributed by atoms with Gasteiger partial charge in [-0.3, -0.25) is 14.6 Å². The van der Waals surface area contributed by atoms with Crippen LogP contribution in [0.5, 0.6) is 0 Å². The van der Waals surface area contributed by atoms with Crippen molar-refractivity contribution in [1.82, 2.24) is 30.2 Å². The molecule has 8 nitrogen and oxygen atoms in total. The van der Waals surface area contributed by atoms with Crippen molar-refractivity contribution in [3.8, 4) is 0 Å². The molecule has 0 bridgehead atoms. The van der Waals surface area contributed by atoms with Crippen molar-refractivity contribution in [1.29, 1.82) is 0 Å². The van der Waals surface area contributed by atoms with Crippen molar-refractivity contribution in [3.05, 3.63) is 59.3 Å². The Kier molecular flexibility index (Phi) is 8.08. The minimum Gasteiger partial charge on any atom is -0.352 e. The Labute approximate surface area is 190 Å².